The monoisotopic (exact) mass is 864 g/mol. The van der Waals surface area contributed by atoms with Crippen LogP contribution < -0.4 is 4.90 Å². The Morgan fingerprint density at radius 2 is 0.862 bits per heavy atom. The molecule has 14 rings (SSSR count). The molecular formula is C60H36N2OS2. The van der Waals surface area contributed by atoms with Gasteiger partial charge in [-0.05, 0) is 95.1 Å². The number of thiophene rings is 2. The average molecular weight is 865 g/mol. The lowest BCUT2D eigenvalue weighted by Crippen LogP contribution is -2.10. The lowest BCUT2D eigenvalue weighted by molar-refractivity contribution is 0.673. The second-order valence-corrected chi connectivity index (χ2v) is 18.9. The van der Waals surface area contributed by atoms with Gasteiger partial charge in [0.15, 0.2) is 5.58 Å². The number of aromatic nitrogens is 1. The van der Waals surface area contributed by atoms with Gasteiger partial charge in [0.25, 0.3) is 0 Å². The molecule has 4 heterocycles. The largest absolute Gasteiger partial charge is 0.453 e. The molecule has 5 heteroatoms. The van der Waals surface area contributed by atoms with Crippen molar-refractivity contribution in [3.63, 3.8) is 0 Å². The van der Waals surface area contributed by atoms with Gasteiger partial charge in [-0.3, -0.25) is 0 Å². The molecule has 3 nitrogen and oxygen atoms in total. The second-order valence-electron chi connectivity index (χ2n) is 16.8. The fourth-order valence-electron chi connectivity index (χ4n) is 10.3. The SMILES string of the molecule is c1ccc(-n2c3ccccc3c3c4oc5c(N(c6ccc(-c7cccc8c7sc7ccccc78)cc6)c6ccc(-c7cccc8c7sc7ccccc78)cc6)cccc5c4ccc32)cc1. The van der Waals surface area contributed by atoms with Crippen LogP contribution >= 0.6 is 22.7 Å². The molecule has 10 aromatic carbocycles. The number of nitrogens with zero attached hydrogens (tertiary/aromatic N) is 2. The van der Waals surface area contributed by atoms with Gasteiger partial charge in [0.05, 0.1) is 22.1 Å². The molecule has 4 aromatic heterocycles. The summed E-state index contributed by atoms with van der Waals surface area (Å²) in [6, 6.07) is 79.4. The molecule has 65 heavy (non-hydrogen) atoms. The zero-order chi connectivity index (χ0) is 42.6. The van der Waals surface area contributed by atoms with E-state index in [2.05, 4.69) is 228 Å². The Kier molecular flexibility index (Phi) is 8.02. The number of furan rings is 1. The molecule has 14 aromatic rings. The summed E-state index contributed by atoms with van der Waals surface area (Å²) in [5, 5.41) is 9.70. The van der Waals surface area contributed by atoms with Crippen molar-refractivity contribution in [1.82, 2.24) is 4.57 Å². The minimum absolute atomic E-state index is 0.852. The Bertz CT molecular complexity index is 4020. The summed E-state index contributed by atoms with van der Waals surface area (Å²) < 4.78 is 14.9. The van der Waals surface area contributed by atoms with E-state index < -0.39 is 0 Å². The number of hydrogen-bond acceptors (Lipinski definition) is 4. The second kappa shape index (κ2) is 14.3. The van der Waals surface area contributed by atoms with Gasteiger partial charge in [0.2, 0.25) is 0 Å². The highest BCUT2D eigenvalue weighted by molar-refractivity contribution is 7.26. The van der Waals surface area contributed by atoms with E-state index in [1.807, 2.05) is 22.7 Å². The Hall–Kier alpha value is -7.96. The minimum atomic E-state index is 0.852. The van der Waals surface area contributed by atoms with Crippen LogP contribution in [0.2, 0.25) is 0 Å². The molecule has 0 amide bonds. The molecule has 0 aliphatic heterocycles. The van der Waals surface area contributed by atoms with Gasteiger partial charge >= 0.3 is 0 Å². The molecule has 0 bridgehead atoms. The van der Waals surface area contributed by atoms with E-state index >= 15 is 0 Å². The van der Waals surface area contributed by atoms with E-state index in [4.69, 9.17) is 4.42 Å². The number of anilines is 3. The lowest BCUT2D eigenvalue weighted by Gasteiger charge is -2.26. The van der Waals surface area contributed by atoms with Crippen LogP contribution in [0.25, 0.3) is 112 Å². The topological polar surface area (TPSA) is 21.3 Å². The van der Waals surface area contributed by atoms with Crippen LogP contribution in [0, 0.1) is 0 Å². The van der Waals surface area contributed by atoms with Crippen LogP contribution in [0.5, 0.6) is 0 Å². The third kappa shape index (κ3) is 5.53. The molecule has 0 saturated heterocycles. The molecule has 0 radical (unpaired) electrons. The lowest BCUT2D eigenvalue weighted by atomic mass is 10.0. The Labute approximate surface area is 381 Å². The number of rotatable bonds is 6. The Balaban J connectivity index is 0.961. The summed E-state index contributed by atoms with van der Waals surface area (Å²) in [5.74, 6) is 0. The van der Waals surface area contributed by atoms with Crippen LogP contribution in [-0.2, 0) is 0 Å². The fourth-order valence-corrected chi connectivity index (χ4v) is 12.8. The van der Waals surface area contributed by atoms with Gasteiger partial charge in [-0.1, -0.05) is 146 Å². The van der Waals surface area contributed by atoms with Crippen LogP contribution in [0.4, 0.5) is 17.1 Å². The molecule has 0 atom stereocenters. The maximum Gasteiger partial charge on any atom is 0.159 e. The number of benzene rings is 10. The van der Waals surface area contributed by atoms with Crippen molar-refractivity contribution in [1.29, 1.82) is 0 Å². The average Bonchev–Trinajstić information content (AvgIpc) is 4.14. The van der Waals surface area contributed by atoms with Crippen LogP contribution in [-0.4, -0.2) is 4.57 Å². The van der Waals surface area contributed by atoms with Crippen LogP contribution in [0.3, 0.4) is 0 Å². The van der Waals surface area contributed by atoms with E-state index in [9.17, 15) is 0 Å². The number of hydrogen-bond donors (Lipinski definition) is 0. The summed E-state index contributed by atoms with van der Waals surface area (Å²) in [7, 11) is 0. The van der Waals surface area contributed by atoms with Gasteiger partial charge in [-0.2, -0.15) is 0 Å². The first kappa shape index (κ1) is 36.5. The predicted molar refractivity (Wildman–Crippen MR) is 279 cm³/mol. The maximum absolute atomic E-state index is 7.27. The molecule has 0 N–H and O–H groups in total. The summed E-state index contributed by atoms with van der Waals surface area (Å²) in [5.41, 5.74) is 13.1. The summed E-state index contributed by atoms with van der Waals surface area (Å²) in [6.45, 7) is 0. The van der Waals surface area contributed by atoms with E-state index in [0.29, 0.717) is 0 Å². The molecule has 0 fully saturated rings. The highest BCUT2D eigenvalue weighted by Crippen LogP contribution is 2.48. The summed E-state index contributed by atoms with van der Waals surface area (Å²) in [4.78, 5) is 2.36. The molecule has 0 saturated carbocycles. The van der Waals surface area contributed by atoms with E-state index in [1.54, 1.807) is 0 Å². The van der Waals surface area contributed by atoms with Crippen molar-refractivity contribution in [3.8, 4) is 27.9 Å². The van der Waals surface area contributed by atoms with Crippen molar-refractivity contribution >= 4 is 124 Å². The zero-order valence-corrected chi connectivity index (χ0v) is 36.5. The third-order valence-corrected chi connectivity index (χ3v) is 15.7. The van der Waals surface area contributed by atoms with E-state index in [1.165, 1.54) is 68.0 Å². The fraction of sp³-hybridized carbons (Fsp3) is 0. The van der Waals surface area contributed by atoms with Crippen LogP contribution in [0.15, 0.2) is 223 Å². The molecule has 0 aliphatic rings. The molecule has 0 spiro atoms. The first-order valence-electron chi connectivity index (χ1n) is 22.0. The molecule has 0 aliphatic carbocycles. The van der Waals surface area contributed by atoms with Crippen molar-refractivity contribution in [2.75, 3.05) is 4.90 Å². The third-order valence-electron chi connectivity index (χ3n) is 13.2. The first-order valence-corrected chi connectivity index (χ1v) is 23.6. The maximum atomic E-state index is 7.27. The number of para-hydroxylation sites is 3. The quantitative estimate of drug-likeness (QED) is 0.166. The number of fused-ring (bicyclic) bond motifs is 13. The predicted octanol–water partition coefficient (Wildman–Crippen LogP) is 18.2. The summed E-state index contributed by atoms with van der Waals surface area (Å²) in [6.07, 6.45) is 0. The van der Waals surface area contributed by atoms with E-state index in [-0.39, 0.29) is 0 Å². The van der Waals surface area contributed by atoms with Gasteiger partial charge in [0.1, 0.15) is 5.58 Å². The van der Waals surface area contributed by atoms with Gasteiger partial charge in [-0.15, -0.1) is 22.7 Å². The van der Waals surface area contributed by atoms with Gasteiger partial charge in [-0.25, -0.2) is 0 Å². The Morgan fingerprint density at radius 1 is 0.354 bits per heavy atom. The smallest absolute Gasteiger partial charge is 0.159 e. The zero-order valence-electron chi connectivity index (χ0n) is 34.9. The molecule has 0 unspecified atom stereocenters. The highest BCUT2D eigenvalue weighted by Gasteiger charge is 2.23. The standard InChI is InChI=1S/C60H36N2OS2/c1-2-13-39(14-3-1)62-51-23-7-4-17-50(51)56-52(62)36-35-47-46-20-12-24-53(57(46)63-58(47)56)61(40-31-27-37(28-32-40)42-18-10-21-48-44-15-5-8-25-54(44)64-59(42)48)41-33-29-38(30-34-41)43-19-11-22-49-45-16-6-9-26-55(45)65-60(43)49/h1-36H. The summed E-state index contributed by atoms with van der Waals surface area (Å²) >= 11 is 3.74. The van der Waals surface area contributed by atoms with Crippen molar-refractivity contribution in [3.05, 3.63) is 218 Å². The first-order chi connectivity index (χ1) is 32.2. The highest BCUT2D eigenvalue weighted by atomic mass is 32.1. The van der Waals surface area contributed by atoms with Crippen molar-refractivity contribution in [2.45, 2.75) is 0 Å². The molecular weight excluding hydrogens is 829 g/mol. The van der Waals surface area contributed by atoms with Gasteiger partial charge in [0, 0.05) is 73.6 Å². The Morgan fingerprint density at radius 3 is 1.49 bits per heavy atom. The normalized spacial score (nSPS) is 12.0. The van der Waals surface area contributed by atoms with Gasteiger partial charge < -0.3 is 13.9 Å². The van der Waals surface area contributed by atoms with E-state index in [0.717, 1.165) is 61.1 Å². The van der Waals surface area contributed by atoms with Crippen LogP contribution in [0.1, 0.15) is 0 Å². The molecule has 304 valence electrons. The van der Waals surface area contributed by atoms with Crippen molar-refractivity contribution < 1.29 is 4.42 Å². The van der Waals surface area contributed by atoms with Crippen molar-refractivity contribution in [2.24, 2.45) is 0 Å². The minimum Gasteiger partial charge on any atom is -0.453 e.